The molecule has 0 aliphatic rings. The molecule has 0 radical (unpaired) electrons. The lowest BCUT2D eigenvalue weighted by molar-refractivity contribution is -0.167. The number of allylic oxidation sites excluding steroid dienone is 6. The van der Waals surface area contributed by atoms with Crippen LogP contribution in [0.2, 0.25) is 0 Å². The summed E-state index contributed by atoms with van der Waals surface area (Å²) < 4.78 is 16.6. The van der Waals surface area contributed by atoms with Crippen molar-refractivity contribution in [1.82, 2.24) is 0 Å². The van der Waals surface area contributed by atoms with Crippen LogP contribution >= 0.6 is 0 Å². The number of hydrogen-bond acceptors (Lipinski definition) is 6. The standard InChI is InChI=1S/C46H82O6/c1-4-7-10-13-16-19-22-23-24-25-28-30-33-36-39-45(48)51-42-43(52-46(49)40-37-34-31-27-21-18-15-12-9-6-3)41-50-44(47)38-35-32-29-26-20-17-14-11-8-5-2/h7,10,16,19,23-24,43H,4-6,8-9,11-15,17-18,20-22,25-42H2,1-3H3/b10-7-,19-16-,24-23-. The monoisotopic (exact) mass is 731 g/mol. The predicted octanol–water partition coefficient (Wildman–Crippen LogP) is 13.8. The van der Waals surface area contributed by atoms with Gasteiger partial charge in [0.05, 0.1) is 0 Å². The van der Waals surface area contributed by atoms with Gasteiger partial charge in [-0.25, -0.2) is 0 Å². The number of ether oxygens (including phenoxy) is 3. The summed E-state index contributed by atoms with van der Waals surface area (Å²) in [6.45, 7) is 6.47. The lowest BCUT2D eigenvalue weighted by Gasteiger charge is -2.18. The van der Waals surface area contributed by atoms with Crippen LogP contribution < -0.4 is 0 Å². The van der Waals surface area contributed by atoms with Crippen LogP contribution in [-0.4, -0.2) is 37.2 Å². The van der Waals surface area contributed by atoms with E-state index < -0.39 is 6.10 Å². The van der Waals surface area contributed by atoms with Crippen molar-refractivity contribution >= 4 is 17.9 Å². The maximum Gasteiger partial charge on any atom is 0.306 e. The summed E-state index contributed by atoms with van der Waals surface area (Å²) in [5.74, 6) is -0.902. The molecule has 52 heavy (non-hydrogen) atoms. The molecule has 0 aliphatic heterocycles. The van der Waals surface area contributed by atoms with Gasteiger partial charge in [0.25, 0.3) is 0 Å². The molecule has 0 N–H and O–H groups in total. The fourth-order valence-corrected chi connectivity index (χ4v) is 6.10. The topological polar surface area (TPSA) is 78.9 Å². The van der Waals surface area contributed by atoms with Crippen LogP contribution in [0.5, 0.6) is 0 Å². The highest BCUT2D eigenvalue weighted by Gasteiger charge is 2.19. The molecule has 0 saturated heterocycles. The predicted molar refractivity (Wildman–Crippen MR) is 219 cm³/mol. The van der Waals surface area contributed by atoms with E-state index >= 15 is 0 Å². The van der Waals surface area contributed by atoms with E-state index in [4.69, 9.17) is 14.2 Å². The van der Waals surface area contributed by atoms with Crippen molar-refractivity contribution in [2.24, 2.45) is 0 Å². The van der Waals surface area contributed by atoms with Crippen molar-refractivity contribution in [3.8, 4) is 0 Å². The Morgan fingerprint density at radius 3 is 1.17 bits per heavy atom. The number of rotatable bonds is 39. The average molecular weight is 731 g/mol. The summed E-state index contributed by atoms with van der Waals surface area (Å²) in [6.07, 6.45) is 45.5. The molecule has 0 aromatic rings. The van der Waals surface area contributed by atoms with Gasteiger partial charge in [-0.05, 0) is 51.4 Å². The number of unbranched alkanes of at least 4 members (excludes halogenated alkanes) is 22. The summed E-state index contributed by atoms with van der Waals surface area (Å²) in [4.78, 5) is 37.6. The maximum atomic E-state index is 12.7. The molecule has 1 atom stereocenters. The van der Waals surface area contributed by atoms with Gasteiger partial charge >= 0.3 is 17.9 Å². The van der Waals surface area contributed by atoms with Crippen molar-refractivity contribution in [2.45, 2.75) is 226 Å². The van der Waals surface area contributed by atoms with E-state index in [1.54, 1.807) is 0 Å². The van der Waals surface area contributed by atoms with Gasteiger partial charge in [-0.15, -0.1) is 0 Å². The van der Waals surface area contributed by atoms with Crippen LogP contribution in [0, 0.1) is 0 Å². The second kappa shape index (κ2) is 41.4. The molecule has 0 bridgehead atoms. The van der Waals surface area contributed by atoms with E-state index in [2.05, 4.69) is 57.2 Å². The van der Waals surface area contributed by atoms with Crippen molar-refractivity contribution in [1.29, 1.82) is 0 Å². The number of esters is 3. The quantitative estimate of drug-likeness (QED) is 0.0271. The van der Waals surface area contributed by atoms with E-state index in [-0.39, 0.29) is 31.1 Å². The van der Waals surface area contributed by atoms with Gasteiger partial charge < -0.3 is 14.2 Å². The largest absolute Gasteiger partial charge is 0.462 e. The third kappa shape index (κ3) is 38.9. The highest BCUT2D eigenvalue weighted by atomic mass is 16.6. The molecule has 0 aromatic carbocycles. The zero-order chi connectivity index (χ0) is 38.0. The first-order chi connectivity index (χ1) is 25.5. The second-order valence-electron chi connectivity index (χ2n) is 14.6. The van der Waals surface area contributed by atoms with Crippen LogP contribution in [0.25, 0.3) is 0 Å². The Hall–Kier alpha value is -2.37. The minimum Gasteiger partial charge on any atom is -0.462 e. The lowest BCUT2D eigenvalue weighted by Crippen LogP contribution is -2.30. The number of carbonyl (C=O) groups is 3. The Morgan fingerprint density at radius 1 is 0.404 bits per heavy atom. The highest BCUT2D eigenvalue weighted by Crippen LogP contribution is 2.14. The van der Waals surface area contributed by atoms with Crippen LogP contribution in [-0.2, 0) is 28.6 Å². The van der Waals surface area contributed by atoms with Crippen molar-refractivity contribution in [2.75, 3.05) is 13.2 Å². The van der Waals surface area contributed by atoms with E-state index in [1.165, 1.54) is 89.9 Å². The van der Waals surface area contributed by atoms with E-state index in [1.807, 2.05) is 0 Å². The Balaban J connectivity index is 4.38. The lowest BCUT2D eigenvalue weighted by atomic mass is 10.1. The molecule has 0 amide bonds. The van der Waals surface area contributed by atoms with Gasteiger partial charge in [0, 0.05) is 19.3 Å². The maximum absolute atomic E-state index is 12.7. The van der Waals surface area contributed by atoms with Gasteiger partial charge in [-0.1, -0.05) is 186 Å². The molecule has 0 fully saturated rings. The zero-order valence-corrected chi connectivity index (χ0v) is 34.3. The Kier molecular flexibility index (Phi) is 39.5. The summed E-state index contributed by atoms with van der Waals surface area (Å²) in [7, 11) is 0. The number of carbonyl (C=O) groups excluding carboxylic acids is 3. The van der Waals surface area contributed by atoms with E-state index in [0.29, 0.717) is 19.3 Å². The summed E-state index contributed by atoms with van der Waals surface area (Å²) in [6, 6.07) is 0. The second-order valence-corrected chi connectivity index (χ2v) is 14.6. The smallest absolute Gasteiger partial charge is 0.306 e. The normalized spacial score (nSPS) is 12.3. The summed E-state index contributed by atoms with van der Waals surface area (Å²) in [5.41, 5.74) is 0. The molecule has 302 valence electrons. The highest BCUT2D eigenvalue weighted by molar-refractivity contribution is 5.71. The van der Waals surface area contributed by atoms with Gasteiger partial charge in [0.1, 0.15) is 13.2 Å². The molecule has 0 saturated carbocycles. The van der Waals surface area contributed by atoms with E-state index in [9.17, 15) is 14.4 Å². The van der Waals surface area contributed by atoms with Crippen molar-refractivity contribution < 1.29 is 28.6 Å². The van der Waals surface area contributed by atoms with Gasteiger partial charge in [0.15, 0.2) is 6.10 Å². The SMILES string of the molecule is CC/C=C\C/C=C\C/C=C\CCCCCCC(=O)OCC(COC(=O)CCCCCCCCCCCC)OC(=O)CCCCCCCCCCCC. The van der Waals surface area contributed by atoms with Crippen LogP contribution in [0.1, 0.15) is 220 Å². The third-order valence-corrected chi connectivity index (χ3v) is 9.41. The molecule has 0 spiro atoms. The minimum atomic E-state index is -0.773. The fraction of sp³-hybridized carbons (Fsp3) is 0.804. The summed E-state index contributed by atoms with van der Waals surface area (Å²) >= 11 is 0. The Morgan fingerprint density at radius 2 is 0.750 bits per heavy atom. The van der Waals surface area contributed by atoms with Gasteiger partial charge in [-0.3, -0.25) is 14.4 Å². The van der Waals surface area contributed by atoms with Crippen LogP contribution in [0.15, 0.2) is 36.5 Å². The van der Waals surface area contributed by atoms with Crippen molar-refractivity contribution in [3.05, 3.63) is 36.5 Å². The third-order valence-electron chi connectivity index (χ3n) is 9.41. The Bertz CT molecular complexity index is 891. The molecule has 0 aliphatic carbocycles. The molecule has 6 nitrogen and oxygen atoms in total. The molecule has 1 unspecified atom stereocenters. The Labute approximate surface area is 321 Å². The minimum absolute atomic E-state index is 0.0765. The van der Waals surface area contributed by atoms with Gasteiger partial charge in [-0.2, -0.15) is 0 Å². The van der Waals surface area contributed by atoms with Gasteiger partial charge in [0.2, 0.25) is 0 Å². The first-order valence-corrected chi connectivity index (χ1v) is 22.0. The van der Waals surface area contributed by atoms with Crippen LogP contribution in [0.3, 0.4) is 0 Å². The molecule has 6 heteroatoms. The first kappa shape index (κ1) is 49.6. The zero-order valence-electron chi connectivity index (χ0n) is 34.3. The van der Waals surface area contributed by atoms with Crippen molar-refractivity contribution in [3.63, 3.8) is 0 Å². The van der Waals surface area contributed by atoms with E-state index in [0.717, 1.165) is 89.9 Å². The molecular weight excluding hydrogens is 648 g/mol. The molecule has 0 aromatic heterocycles. The number of hydrogen-bond donors (Lipinski definition) is 0. The van der Waals surface area contributed by atoms with Crippen LogP contribution in [0.4, 0.5) is 0 Å². The molecular formula is C46H82O6. The molecule has 0 heterocycles. The first-order valence-electron chi connectivity index (χ1n) is 22.0. The average Bonchev–Trinajstić information content (AvgIpc) is 3.14. The fourth-order valence-electron chi connectivity index (χ4n) is 6.10. The molecule has 0 rings (SSSR count). The summed E-state index contributed by atoms with van der Waals surface area (Å²) in [5, 5.41) is 0.